The van der Waals surface area contributed by atoms with Crippen molar-refractivity contribution in [3.8, 4) is 46.0 Å². The molecule has 16 bridgehead atoms. The Labute approximate surface area is 828 Å². The quantitative estimate of drug-likeness (QED) is 0.0125. The average molecular weight is 1910 g/mol. The van der Waals surface area contributed by atoms with Crippen LogP contribution in [0.4, 0.5) is 62.6 Å². The van der Waals surface area contributed by atoms with Crippen molar-refractivity contribution in [1.82, 2.24) is 13.7 Å². The summed E-state index contributed by atoms with van der Waals surface area (Å²) in [7, 11) is 5.08. The zero-order valence-electron chi connectivity index (χ0n) is 83.8. The van der Waals surface area contributed by atoms with Gasteiger partial charge in [0.15, 0.2) is 0 Å². The number of rotatable bonds is 42. The summed E-state index contributed by atoms with van der Waals surface area (Å²) in [6.07, 6.45) is 21.5. The van der Waals surface area contributed by atoms with E-state index in [4.69, 9.17) is 72.3 Å². The molecule has 3 aromatic heterocycles. The Morgan fingerprint density at radius 3 is 0.582 bits per heavy atom. The van der Waals surface area contributed by atoms with Gasteiger partial charge in [0.05, 0.1) is 69.9 Å². The third-order valence-corrected chi connectivity index (χ3v) is 25.5. The van der Waals surface area contributed by atoms with Crippen LogP contribution in [-0.4, -0.2) is 96.1 Å². The summed E-state index contributed by atoms with van der Waals surface area (Å²) >= 11 is 0. The van der Waals surface area contributed by atoms with Crippen molar-refractivity contribution in [2.75, 3.05) is 114 Å². The van der Waals surface area contributed by atoms with Crippen LogP contribution >= 0.6 is 0 Å². The molecule has 2 aliphatic rings. The van der Waals surface area contributed by atoms with Crippen LogP contribution < -0.4 is 98.9 Å². The van der Waals surface area contributed by atoms with Crippen molar-refractivity contribution in [2.24, 2.45) is 21.1 Å². The molecular formula is C114H140N14O13. The molecule has 0 aliphatic heterocycles. The molecule has 3 heterocycles. The van der Waals surface area contributed by atoms with E-state index in [1.54, 1.807) is 83.8 Å². The van der Waals surface area contributed by atoms with E-state index in [0.717, 1.165) is 203 Å². The second kappa shape index (κ2) is 48.3. The predicted octanol–water partition coefficient (Wildman–Crippen LogP) is 22.2. The molecule has 0 saturated carbocycles. The average Bonchev–Trinajstić information content (AvgIpc) is 0.824. The van der Waals surface area contributed by atoms with Crippen molar-refractivity contribution in [1.29, 1.82) is 0 Å². The first kappa shape index (κ1) is 102. The molecule has 0 fully saturated rings. The number of nitrogen functional groups attached to an aromatic ring is 6. The molecule has 27 heteroatoms. The van der Waals surface area contributed by atoms with E-state index in [2.05, 4.69) is 82.0 Å². The number of hydrogen-bond donors (Lipinski definition) is 11. The van der Waals surface area contributed by atoms with Gasteiger partial charge in [0.25, 0.3) is 29.5 Å². The number of nitrogens with two attached hydrogens (primary N) is 6. The van der Waals surface area contributed by atoms with E-state index >= 15 is 4.79 Å². The van der Waals surface area contributed by atoms with Gasteiger partial charge in [-0.3, -0.25) is 24.0 Å². The number of unbranched alkanes of at least 4 members (excludes halogenated alkanes) is 8. The summed E-state index contributed by atoms with van der Waals surface area (Å²) in [5.74, 6) is 3.05. The van der Waals surface area contributed by atoms with Gasteiger partial charge in [-0.2, -0.15) is 0 Å². The Hall–Kier alpha value is -14.6. The fourth-order valence-electron chi connectivity index (χ4n) is 18.5. The lowest BCUT2D eigenvalue weighted by Crippen LogP contribution is -2.16. The number of benzene rings is 9. The molecule has 0 atom stereocenters. The number of nitrogens with zero attached hydrogens (tertiary/aromatic N) is 3. The number of anilines is 11. The van der Waals surface area contributed by atoms with Gasteiger partial charge in [0, 0.05) is 237 Å². The van der Waals surface area contributed by atoms with Gasteiger partial charge in [-0.1, -0.05) is 113 Å². The highest BCUT2D eigenvalue weighted by Crippen LogP contribution is 2.47. The zero-order chi connectivity index (χ0) is 99.9. The number of carbonyl (C=O) groups excluding carboxylic acids is 5. The number of fused-ring (bicyclic) bond motifs is 16. The normalized spacial score (nSPS) is 12.1. The maximum absolute atomic E-state index is 15.1. The number of aromatic nitrogens is 3. The number of nitrogens with one attached hydrogen (secondary N) is 5. The molecule has 27 nitrogen and oxygen atoms in total. The third kappa shape index (κ3) is 25.9. The maximum atomic E-state index is 15.1. The Bertz CT molecular complexity index is 6270. The van der Waals surface area contributed by atoms with Gasteiger partial charge in [-0.25, -0.2) is 0 Å². The summed E-state index contributed by atoms with van der Waals surface area (Å²) in [4.78, 5) is 73.3. The summed E-state index contributed by atoms with van der Waals surface area (Å²) in [6.45, 7) is 20.7. The fourth-order valence-corrected chi connectivity index (χ4v) is 18.5. The lowest BCUT2D eigenvalue weighted by atomic mass is 9.90. The summed E-state index contributed by atoms with van der Waals surface area (Å²) in [5.41, 5.74) is 61.2. The number of carbonyl (C=O) groups is 5. The van der Waals surface area contributed by atoms with E-state index in [0.29, 0.717) is 201 Å². The van der Waals surface area contributed by atoms with Crippen LogP contribution in [-0.2, 0) is 72.5 Å². The molecule has 14 rings (SSSR count). The van der Waals surface area contributed by atoms with Crippen LogP contribution in [0.3, 0.4) is 0 Å². The zero-order valence-corrected chi connectivity index (χ0v) is 83.8. The minimum Gasteiger partial charge on any atom is -0.493 e. The lowest BCUT2D eigenvalue weighted by molar-refractivity contribution is 0.101. The summed E-state index contributed by atoms with van der Waals surface area (Å²) in [6, 6.07) is 42.5. The Kier molecular flexibility index (Phi) is 35.0. The minimum absolute atomic E-state index is 0.174. The molecule has 0 spiro atoms. The van der Waals surface area contributed by atoms with E-state index in [-0.39, 0.29) is 28.2 Å². The molecule has 744 valence electrons. The summed E-state index contributed by atoms with van der Waals surface area (Å²) in [5, 5.41) is 15.3. The molecule has 2 aliphatic carbocycles. The standard InChI is InChI=1S/C114H140N14O13/c1-12-20-31-134-102-72-40-76-52-90(117)56-80(104(76)136-33-22-14-3)44-84-60-94(61-85(108(84)140-37-26-18-7)45-81-57-91(118)53-77(105(81)137-34-23-15-4)41-73(102)49-88(115)48-72)121-110(129)70-29-28-30-71(39-70)111(130)123-96-64-100(126(9)67-96)113(132)125-98-66-101(128(11)69-98)114(133)124-97-65-99(127(10)68-97)112(131)122-95-62-86-46-82-58-92(119)54-78(106(82)138-35-24-16-5)42-74-50-89(116)51-75(103(74)135-32-21-13-2)43-79-55-93(120)59-83(107(79)139-36-25-17-6)47-87(63-95)109(86)141-38-27-19-8/h28-30,39,48-69H,12-27,31-38,40-47,115-120H2,1-11H3,(H,121,129)(H,122,131)(H,123,130)(H,124,133)(H,125,132). The smallest absolute Gasteiger partial charge is 0.272 e. The van der Waals surface area contributed by atoms with E-state index in [9.17, 15) is 19.2 Å². The molecule has 9 aromatic carbocycles. The van der Waals surface area contributed by atoms with Gasteiger partial charge in [0.2, 0.25) is 0 Å². The number of amides is 5. The van der Waals surface area contributed by atoms with Crippen molar-refractivity contribution in [2.45, 2.75) is 209 Å². The minimum atomic E-state index is -0.540. The van der Waals surface area contributed by atoms with Gasteiger partial charge in [-0.05, 0) is 185 Å². The molecule has 17 N–H and O–H groups in total. The van der Waals surface area contributed by atoms with Crippen molar-refractivity contribution >= 4 is 92.1 Å². The van der Waals surface area contributed by atoms with Crippen LogP contribution in [0.15, 0.2) is 158 Å². The Morgan fingerprint density at radius 1 is 0.234 bits per heavy atom. The monoisotopic (exact) mass is 1910 g/mol. The van der Waals surface area contributed by atoms with Crippen LogP contribution in [0, 0.1) is 0 Å². The molecule has 0 unspecified atom stereocenters. The number of ether oxygens (including phenoxy) is 8. The largest absolute Gasteiger partial charge is 0.493 e. The molecule has 141 heavy (non-hydrogen) atoms. The molecule has 0 saturated heterocycles. The fraction of sp³-hybridized carbons (Fsp3) is 0.377. The molecule has 0 radical (unpaired) electrons. The second-order valence-corrected chi connectivity index (χ2v) is 37.3. The predicted molar refractivity (Wildman–Crippen MR) is 566 cm³/mol. The van der Waals surface area contributed by atoms with Gasteiger partial charge in [0.1, 0.15) is 63.1 Å². The first-order valence-corrected chi connectivity index (χ1v) is 50.2. The Morgan fingerprint density at radius 2 is 0.397 bits per heavy atom. The lowest BCUT2D eigenvalue weighted by Gasteiger charge is -2.24. The van der Waals surface area contributed by atoms with Crippen LogP contribution in [0.2, 0.25) is 0 Å². The SMILES string of the molecule is CCCCOc1c2cc(N)cc1Cc1cc(N)cc(c1OCCCC)Cc1cc(NC(=O)c3cccc(C(=O)Nc4cc(C(=O)Nc5cc(C(=O)Nc6cc(C(=O)Nc7cc8c(OCCCC)c(c7)Cc7cc(N)cc(c7OCCCC)Cc7cc(N)cc(c7OCCCC)Cc7cc(N)cc(c7OCCCC)C8)n(C)c6)n(C)c5)n(C)c4)c3)cc(c1OCCCC)Cc1cc(N)cc(c1OCCCC)C2. The first-order valence-electron chi connectivity index (χ1n) is 50.2. The number of hydrogen-bond acceptors (Lipinski definition) is 19. The van der Waals surface area contributed by atoms with Crippen LogP contribution in [0.1, 0.15) is 299 Å². The van der Waals surface area contributed by atoms with Crippen molar-refractivity contribution in [3.05, 3.63) is 275 Å². The molecule has 5 amide bonds. The van der Waals surface area contributed by atoms with Crippen molar-refractivity contribution < 1.29 is 61.9 Å². The van der Waals surface area contributed by atoms with Crippen LogP contribution in [0.5, 0.6) is 46.0 Å². The topological polar surface area (TPSA) is 390 Å². The van der Waals surface area contributed by atoms with Gasteiger partial charge in [-0.15, -0.1) is 0 Å². The highest BCUT2D eigenvalue weighted by Gasteiger charge is 2.31. The number of aryl methyl sites for hydroxylation is 3. The van der Waals surface area contributed by atoms with Gasteiger partial charge < -0.3 is 113 Å². The second-order valence-electron chi connectivity index (χ2n) is 37.3. The first-order chi connectivity index (χ1) is 68.2. The maximum Gasteiger partial charge on any atom is 0.272 e. The molecule has 12 aromatic rings. The van der Waals surface area contributed by atoms with E-state index in [1.807, 2.05) is 97.1 Å². The highest BCUT2D eigenvalue weighted by atomic mass is 16.5. The third-order valence-electron chi connectivity index (χ3n) is 25.5. The van der Waals surface area contributed by atoms with Crippen LogP contribution in [0.25, 0.3) is 0 Å². The molecular weight excluding hydrogens is 1770 g/mol. The highest BCUT2D eigenvalue weighted by molar-refractivity contribution is 6.11. The van der Waals surface area contributed by atoms with Gasteiger partial charge >= 0.3 is 0 Å². The summed E-state index contributed by atoms with van der Waals surface area (Å²) < 4.78 is 59.9. The van der Waals surface area contributed by atoms with E-state index < -0.39 is 29.5 Å². The van der Waals surface area contributed by atoms with Crippen molar-refractivity contribution in [3.63, 3.8) is 0 Å². The Balaban J connectivity index is 0.698. The van der Waals surface area contributed by atoms with E-state index in [1.165, 1.54) is 12.1 Å².